The minimum Gasteiger partial charge on any atom is -0.337 e. The average molecular weight is 372 g/mol. The number of hydrogen-bond acceptors (Lipinski definition) is 7. The normalized spacial score (nSPS) is 10.7. The lowest BCUT2D eigenvalue weighted by Gasteiger charge is -2.18. The van der Waals surface area contributed by atoms with Crippen LogP contribution in [0.3, 0.4) is 0 Å². The third-order valence-corrected chi connectivity index (χ3v) is 4.67. The Hall–Kier alpha value is -3.07. The fourth-order valence-electron chi connectivity index (χ4n) is 2.48. The van der Waals surface area contributed by atoms with Crippen LogP contribution in [0.5, 0.6) is 0 Å². The second kappa shape index (κ2) is 7.87. The molecule has 0 fully saturated rings. The first kappa shape index (κ1) is 17.7. The van der Waals surface area contributed by atoms with E-state index in [-0.39, 0.29) is 24.6 Å². The van der Waals surface area contributed by atoms with E-state index in [4.69, 9.17) is 4.52 Å². The number of hydrogen-bond donors (Lipinski definition) is 0. The topological polar surface area (TPSA) is 102 Å². The molecule has 0 radical (unpaired) electrons. The lowest BCUT2D eigenvalue weighted by Crippen LogP contribution is -2.31. The fourth-order valence-corrected chi connectivity index (χ4v) is 3.13. The largest absolute Gasteiger partial charge is 0.337 e. The predicted octanol–water partition coefficient (Wildman–Crippen LogP) is 3.30. The van der Waals surface area contributed by atoms with E-state index in [0.29, 0.717) is 23.8 Å². The van der Waals surface area contributed by atoms with Crippen molar-refractivity contribution in [3.8, 4) is 10.7 Å². The molecule has 0 atom stereocenters. The second-order valence-electron chi connectivity index (χ2n) is 5.46. The maximum absolute atomic E-state index is 12.6. The highest BCUT2D eigenvalue weighted by atomic mass is 32.1. The summed E-state index contributed by atoms with van der Waals surface area (Å²) < 4.78 is 5.23. The monoisotopic (exact) mass is 372 g/mol. The standard InChI is InChI=1S/C17H16N4O4S/c1-2-20(11-15-18-17(19-25-15)14-8-5-9-26-14)16(22)10-12-6-3-4-7-13(12)21(23)24/h3-9H,2,10-11H2,1H3. The number of rotatable bonds is 7. The first-order valence-corrected chi connectivity index (χ1v) is 8.83. The molecule has 0 aliphatic carbocycles. The van der Waals surface area contributed by atoms with Crippen LogP contribution < -0.4 is 0 Å². The summed E-state index contributed by atoms with van der Waals surface area (Å²) in [5, 5.41) is 16.9. The first-order valence-electron chi connectivity index (χ1n) is 7.95. The van der Waals surface area contributed by atoms with Crippen LogP contribution in [0.2, 0.25) is 0 Å². The van der Waals surface area contributed by atoms with Gasteiger partial charge in [0.1, 0.15) is 0 Å². The highest BCUT2D eigenvalue weighted by Gasteiger charge is 2.21. The number of likely N-dealkylation sites (N-methyl/N-ethyl adjacent to an activating group) is 1. The van der Waals surface area contributed by atoms with Crippen molar-refractivity contribution in [2.45, 2.75) is 19.9 Å². The Bertz CT molecular complexity index is 907. The third kappa shape index (κ3) is 3.94. The van der Waals surface area contributed by atoms with Gasteiger partial charge in [-0.3, -0.25) is 14.9 Å². The molecule has 0 saturated heterocycles. The van der Waals surface area contributed by atoms with Gasteiger partial charge in [-0.2, -0.15) is 4.98 Å². The number of amides is 1. The van der Waals surface area contributed by atoms with E-state index >= 15 is 0 Å². The van der Waals surface area contributed by atoms with Gasteiger partial charge < -0.3 is 9.42 Å². The van der Waals surface area contributed by atoms with Gasteiger partial charge >= 0.3 is 0 Å². The molecule has 0 aliphatic rings. The van der Waals surface area contributed by atoms with Gasteiger partial charge in [-0.1, -0.05) is 29.4 Å². The van der Waals surface area contributed by atoms with Crippen molar-refractivity contribution in [1.82, 2.24) is 15.0 Å². The average Bonchev–Trinajstić information content (AvgIpc) is 3.31. The molecule has 2 aromatic heterocycles. The van der Waals surface area contributed by atoms with Crippen molar-refractivity contribution in [1.29, 1.82) is 0 Å². The Morgan fingerprint density at radius 3 is 2.81 bits per heavy atom. The van der Waals surface area contributed by atoms with E-state index < -0.39 is 4.92 Å². The zero-order chi connectivity index (χ0) is 18.5. The molecule has 2 heterocycles. The van der Waals surface area contributed by atoms with Crippen LogP contribution in [0.1, 0.15) is 18.4 Å². The van der Waals surface area contributed by atoms with Gasteiger partial charge in [-0.05, 0) is 18.4 Å². The van der Waals surface area contributed by atoms with Crippen LogP contribution in [-0.4, -0.2) is 32.4 Å². The van der Waals surface area contributed by atoms with Crippen LogP contribution in [0.25, 0.3) is 10.7 Å². The Morgan fingerprint density at radius 1 is 1.31 bits per heavy atom. The van der Waals surface area contributed by atoms with Crippen molar-refractivity contribution in [2.75, 3.05) is 6.54 Å². The van der Waals surface area contributed by atoms with Crippen molar-refractivity contribution < 1.29 is 14.2 Å². The quantitative estimate of drug-likeness (QED) is 0.466. The first-order chi connectivity index (χ1) is 12.6. The summed E-state index contributed by atoms with van der Waals surface area (Å²) in [4.78, 5) is 29.9. The van der Waals surface area contributed by atoms with E-state index in [0.717, 1.165) is 4.88 Å². The SMILES string of the molecule is CCN(Cc1nc(-c2cccs2)no1)C(=O)Cc1ccccc1[N+](=O)[O-]. The molecular weight excluding hydrogens is 356 g/mol. The van der Waals surface area contributed by atoms with E-state index in [1.807, 2.05) is 24.4 Å². The van der Waals surface area contributed by atoms with Gasteiger partial charge in [-0.15, -0.1) is 11.3 Å². The highest BCUT2D eigenvalue weighted by molar-refractivity contribution is 7.13. The number of nitro benzene ring substituents is 1. The lowest BCUT2D eigenvalue weighted by atomic mass is 10.1. The van der Waals surface area contributed by atoms with E-state index in [1.54, 1.807) is 18.2 Å². The maximum atomic E-state index is 12.6. The van der Waals surface area contributed by atoms with Crippen LogP contribution in [0.4, 0.5) is 5.69 Å². The van der Waals surface area contributed by atoms with Gasteiger partial charge in [0, 0.05) is 18.2 Å². The summed E-state index contributed by atoms with van der Waals surface area (Å²) in [6.45, 7) is 2.42. The summed E-state index contributed by atoms with van der Waals surface area (Å²) in [6, 6.07) is 10.0. The third-order valence-electron chi connectivity index (χ3n) is 3.80. The number of carbonyl (C=O) groups excluding carboxylic acids is 1. The molecule has 9 heteroatoms. The molecule has 1 aromatic carbocycles. The molecule has 0 aliphatic heterocycles. The molecule has 3 aromatic rings. The van der Waals surface area contributed by atoms with Crippen molar-refractivity contribution in [3.05, 3.63) is 63.3 Å². The Labute approximate surface area is 153 Å². The molecule has 0 N–H and O–H groups in total. The van der Waals surface area contributed by atoms with Crippen LogP contribution in [0, 0.1) is 10.1 Å². The summed E-state index contributed by atoms with van der Waals surface area (Å²) in [5.74, 6) is 0.570. The summed E-state index contributed by atoms with van der Waals surface area (Å²) >= 11 is 1.50. The van der Waals surface area contributed by atoms with E-state index in [1.165, 1.54) is 22.3 Å². The Balaban J connectivity index is 1.71. The number of carbonyl (C=O) groups is 1. The number of thiophene rings is 1. The number of para-hydroxylation sites is 1. The predicted molar refractivity (Wildman–Crippen MR) is 95.5 cm³/mol. The smallest absolute Gasteiger partial charge is 0.273 e. The number of nitro groups is 1. The molecular formula is C17H16N4O4S. The lowest BCUT2D eigenvalue weighted by molar-refractivity contribution is -0.385. The van der Waals surface area contributed by atoms with Crippen molar-refractivity contribution in [3.63, 3.8) is 0 Å². The highest BCUT2D eigenvalue weighted by Crippen LogP contribution is 2.22. The Morgan fingerprint density at radius 2 is 2.12 bits per heavy atom. The molecule has 3 rings (SSSR count). The molecule has 26 heavy (non-hydrogen) atoms. The number of benzene rings is 1. The molecule has 0 spiro atoms. The summed E-state index contributed by atoms with van der Waals surface area (Å²) in [6.07, 6.45) is -0.0586. The Kier molecular flexibility index (Phi) is 5.37. The van der Waals surface area contributed by atoms with E-state index in [9.17, 15) is 14.9 Å². The summed E-state index contributed by atoms with van der Waals surface area (Å²) in [7, 11) is 0. The zero-order valence-corrected chi connectivity index (χ0v) is 14.8. The van der Waals surface area contributed by atoms with Gasteiger partial charge in [-0.25, -0.2) is 0 Å². The zero-order valence-electron chi connectivity index (χ0n) is 14.0. The molecule has 134 valence electrons. The van der Waals surface area contributed by atoms with Crippen LogP contribution >= 0.6 is 11.3 Å². The van der Waals surface area contributed by atoms with Gasteiger partial charge in [0.05, 0.1) is 22.8 Å². The van der Waals surface area contributed by atoms with Crippen molar-refractivity contribution in [2.24, 2.45) is 0 Å². The van der Waals surface area contributed by atoms with Crippen molar-refractivity contribution >= 4 is 22.9 Å². The molecule has 1 amide bonds. The van der Waals surface area contributed by atoms with E-state index in [2.05, 4.69) is 10.1 Å². The van der Waals surface area contributed by atoms with Crippen LogP contribution in [-0.2, 0) is 17.8 Å². The fraction of sp³-hybridized carbons (Fsp3) is 0.235. The van der Waals surface area contributed by atoms with Gasteiger partial charge in [0.2, 0.25) is 17.6 Å². The maximum Gasteiger partial charge on any atom is 0.273 e. The molecule has 0 saturated carbocycles. The minimum atomic E-state index is -0.482. The number of aromatic nitrogens is 2. The van der Waals surface area contributed by atoms with Crippen LogP contribution in [0.15, 0.2) is 46.3 Å². The van der Waals surface area contributed by atoms with Gasteiger partial charge in [0.15, 0.2) is 0 Å². The second-order valence-corrected chi connectivity index (χ2v) is 6.41. The molecule has 8 nitrogen and oxygen atoms in total. The van der Waals surface area contributed by atoms with Gasteiger partial charge in [0.25, 0.3) is 5.69 Å². The molecule has 0 unspecified atom stereocenters. The minimum absolute atomic E-state index is 0.0586. The summed E-state index contributed by atoms with van der Waals surface area (Å²) in [5.41, 5.74) is 0.320. The molecule has 0 bridgehead atoms. The number of nitrogens with zero attached hydrogens (tertiary/aromatic N) is 4.